The minimum atomic E-state index is 0.692. The van der Waals surface area contributed by atoms with Crippen molar-refractivity contribution in [3.05, 3.63) is 35.4 Å². The molecule has 3 rings (SSSR count). The van der Waals surface area contributed by atoms with Gasteiger partial charge in [0.05, 0.1) is 0 Å². The Morgan fingerprint density at radius 1 is 1.12 bits per heavy atom. The molecule has 2 aliphatic rings. The number of nitrogens with one attached hydrogen (secondary N) is 1. The van der Waals surface area contributed by atoms with Gasteiger partial charge in [-0.05, 0) is 48.8 Å². The molecule has 2 heteroatoms. The molecule has 92 valence electrons. The molecule has 2 heterocycles. The Labute approximate surface area is 103 Å². The van der Waals surface area contributed by atoms with Gasteiger partial charge < -0.3 is 10.1 Å². The lowest BCUT2D eigenvalue weighted by Crippen LogP contribution is -2.29. The largest absolute Gasteiger partial charge is 0.381 e. The third-order valence-corrected chi connectivity index (χ3v) is 4.22. The molecule has 2 aliphatic heterocycles. The van der Waals surface area contributed by atoms with Crippen LogP contribution in [0.25, 0.3) is 0 Å². The molecule has 1 fully saturated rings. The van der Waals surface area contributed by atoms with E-state index in [2.05, 4.69) is 29.6 Å². The van der Waals surface area contributed by atoms with Crippen LogP contribution in [-0.4, -0.2) is 26.3 Å². The Morgan fingerprint density at radius 3 is 2.82 bits per heavy atom. The zero-order valence-electron chi connectivity index (χ0n) is 10.3. The van der Waals surface area contributed by atoms with Crippen molar-refractivity contribution < 1.29 is 4.74 Å². The summed E-state index contributed by atoms with van der Waals surface area (Å²) in [4.78, 5) is 0. The summed E-state index contributed by atoms with van der Waals surface area (Å²) >= 11 is 0. The van der Waals surface area contributed by atoms with Gasteiger partial charge in [-0.3, -0.25) is 0 Å². The van der Waals surface area contributed by atoms with Crippen LogP contribution in [0.2, 0.25) is 0 Å². The van der Waals surface area contributed by atoms with Crippen molar-refractivity contribution in [1.82, 2.24) is 5.32 Å². The van der Waals surface area contributed by atoms with Crippen LogP contribution in [-0.2, 0) is 11.2 Å². The summed E-state index contributed by atoms with van der Waals surface area (Å²) in [6, 6.07) is 9.00. The zero-order valence-corrected chi connectivity index (χ0v) is 10.3. The molecule has 0 aromatic heterocycles. The smallest absolute Gasteiger partial charge is 0.0468 e. The maximum absolute atomic E-state index is 5.49. The van der Waals surface area contributed by atoms with E-state index in [1.165, 1.54) is 19.3 Å². The summed E-state index contributed by atoms with van der Waals surface area (Å²) in [7, 11) is 0. The number of hydrogen-bond donors (Lipinski definition) is 1. The van der Waals surface area contributed by atoms with E-state index in [4.69, 9.17) is 4.74 Å². The minimum absolute atomic E-state index is 0.692. The van der Waals surface area contributed by atoms with Crippen LogP contribution in [0, 0.1) is 5.92 Å². The molecule has 0 bridgehead atoms. The molecule has 1 aromatic rings. The summed E-state index contributed by atoms with van der Waals surface area (Å²) < 4.78 is 5.49. The Bertz CT molecular complexity index is 371. The van der Waals surface area contributed by atoms with E-state index in [0.29, 0.717) is 5.92 Å². The van der Waals surface area contributed by atoms with E-state index in [9.17, 15) is 0 Å². The highest BCUT2D eigenvalue weighted by molar-refractivity contribution is 5.32. The Hall–Kier alpha value is -0.860. The minimum Gasteiger partial charge on any atom is -0.381 e. The first kappa shape index (κ1) is 11.2. The fourth-order valence-corrected chi connectivity index (χ4v) is 3.25. The quantitative estimate of drug-likeness (QED) is 0.801. The molecule has 0 aliphatic carbocycles. The molecule has 2 nitrogen and oxygen atoms in total. The lowest BCUT2D eigenvalue weighted by atomic mass is 9.80. The predicted octanol–water partition coefficient (Wildman–Crippen LogP) is 2.34. The number of fused-ring (bicyclic) bond motifs is 1. The molecular weight excluding hydrogens is 210 g/mol. The number of rotatable bonds is 1. The predicted molar refractivity (Wildman–Crippen MR) is 69.3 cm³/mol. The highest BCUT2D eigenvalue weighted by atomic mass is 16.5. The van der Waals surface area contributed by atoms with E-state index in [-0.39, 0.29) is 0 Å². The van der Waals surface area contributed by atoms with Gasteiger partial charge in [0.15, 0.2) is 0 Å². The van der Waals surface area contributed by atoms with Gasteiger partial charge in [-0.25, -0.2) is 0 Å². The Kier molecular flexibility index (Phi) is 3.44. The van der Waals surface area contributed by atoms with Gasteiger partial charge in [0.25, 0.3) is 0 Å². The molecule has 0 saturated carbocycles. The van der Waals surface area contributed by atoms with Gasteiger partial charge in [0.2, 0.25) is 0 Å². The molecule has 0 radical (unpaired) electrons. The van der Waals surface area contributed by atoms with Crippen LogP contribution >= 0.6 is 0 Å². The first-order chi connectivity index (χ1) is 8.45. The van der Waals surface area contributed by atoms with Crippen molar-refractivity contribution in [2.24, 2.45) is 5.92 Å². The van der Waals surface area contributed by atoms with Crippen LogP contribution in [0.3, 0.4) is 0 Å². The van der Waals surface area contributed by atoms with E-state index in [1.807, 2.05) is 0 Å². The van der Waals surface area contributed by atoms with Crippen molar-refractivity contribution in [3.63, 3.8) is 0 Å². The van der Waals surface area contributed by atoms with Crippen LogP contribution in [0.5, 0.6) is 0 Å². The standard InChI is InChI=1S/C15H21NO/c1-2-4-14-12(3-1)5-8-16-11-15(14)13-6-9-17-10-7-13/h1-4,13,15-16H,5-11H2. The second kappa shape index (κ2) is 5.19. The maximum atomic E-state index is 5.49. The van der Waals surface area contributed by atoms with Crippen LogP contribution in [0.4, 0.5) is 0 Å². The van der Waals surface area contributed by atoms with Gasteiger partial charge in [0.1, 0.15) is 0 Å². The molecular formula is C15H21NO. The first-order valence-corrected chi connectivity index (χ1v) is 6.81. The van der Waals surface area contributed by atoms with Gasteiger partial charge in [-0.1, -0.05) is 24.3 Å². The van der Waals surface area contributed by atoms with Crippen molar-refractivity contribution in [2.45, 2.75) is 25.2 Å². The van der Waals surface area contributed by atoms with Crippen molar-refractivity contribution in [2.75, 3.05) is 26.3 Å². The maximum Gasteiger partial charge on any atom is 0.0468 e. The van der Waals surface area contributed by atoms with Crippen molar-refractivity contribution in [3.8, 4) is 0 Å². The lowest BCUT2D eigenvalue weighted by Gasteiger charge is -2.30. The fraction of sp³-hybridized carbons (Fsp3) is 0.600. The lowest BCUT2D eigenvalue weighted by molar-refractivity contribution is 0.0579. The van der Waals surface area contributed by atoms with Gasteiger partial charge >= 0.3 is 0 Å². The zero-order chi connectivity index (χ0) is 11.5. The highest BCUT2D eigenvalue weighted by Crippen LogP contribution is 2.34. The summed E-state index contributed by atoms with van der Waals surface area (Å²) in [5.74, 6) is 1.49. The van der Waals surface area contributed by atoms with Crippen LogP contribution in [0.1, 0.15) is 29.9 Å². The summed E-state index contributed by atoms with van der Waals surface area (Å²) in [5, 5.41) is 3.60. The van der Waals surface area contributed by atoms with Gasteiger partial charge in [-0.15, -0.1) is 0 Å². The highest BCUT2D eigenvalue weighted by Gasteiger charge is 2.27. The average Bonchev–Trinajstić information content (AvgIpc) is 2.62. The van der Waals surface area contributed by atoms with E-state index >= 15 is 0 Å². The Balaban J connectivity index is 1.88. The number of ether oxygens (including phenoxy) is 1. The number of benzene rings is 1. The van der Waals surface area contributed by atoms with Crippen LogP contribution in [0.15, 0.2) is 24.3 Å². The second-order valence-corrected chi connectivity index (χ2v) is 5.21. The average molecular weight is 231 g/mol. The molecule has 17 heavy (non-hydrogen) atoms. The van der Waals surface area contributed by atoms with E-state index < -0.39 is 0 Å². The van der Waals surface area contributed by atoms with E-state index in [1.54, 1.807) is 11.1 Å². The SMILES string of the molecule is c1ccc2c(c1)CCNCC2C1CCOCC1. The first-order valence-electron chi connectivity index (χ1n) is 6.81. The fourth-order valence-electron chi connectivity index (χ4n) is 3.25. The molecule has 1 atom stereocenters. The van der Waals surface area contributed by atoms with Gasteiger partial charge in [-0.2, -0.15) is 0 Å². The monoisotopic (exact) mass is 231 g/mol. The molecule has 1 aromatic carbocycles. The van der Waals surface area contributed by atoms with Crippen molar-refractivity contribution in [1.29, 1.82) is 0 Å². The summed E-state index contributed by atoms with van der Waals surface area (Å²) in [6.45, 7) is 4.16. The van der Waals surface area contributed by atoms with Crippen LogP contribution < -0.4 is 5.32 Å². The number of hydrogen-bond acceptors (Lipinski definition) is 2. The van der Waals surface area contributed by atoms with E-state index in [0.717, 1.165) is 32.2 Å². The molecule has 1 saturated heterocycles. The molecule has 0 spiro atoms. The summed E-state index contributed by atoms with van der Waals surface area (Å²) in [5.41, 5.74) is 3.14. The molecule has 0 amide bonds. The summed E-state index contributed by atoms with van der Waals surface area (Å²) in [6.07, 6.45) is 3.62. The van der Waals surface area contributed by atoms with Crippen molar-refractivity contribution >= 4 is 0 Å². The third kappa shape index (κ3) is 2.38. The molecule has 1 N–H and O–H groups in total. The topological polar surface area (TPSA) is 21.3 Å². The normalized spacial score (nSPS) is 26.2. The molecule has 1 unspecified atom stereocenters. The Morgan fingerprint density at radius 2 is 1.94 bits per heavy atom. The second-order valence-electron chi connectivity index (χ2n) is 5.21. The third-order valence-electron chi connectivity index (χ3n) is 4.22. The van der Waals surface area contributed by atoms with Gasteiger partial charge in [0, 0.05) is 19.8 Å².